The zero-order valence-electron chi connectivity index (χ0n) is 17.3. The maximum absolute atomic E-state index is 12.9. The SMILES string of the molecule is FC(F)(F)c1cccc(-c2nc(COCCCCCCC3CCCCNC3)cs2)c1. The summed E-state index contributed by atoms with van der Waals surface area (Å²) < 4.78 is 44.3. The molecule has 0 bridgehead atoms. The van der Waals surface area contributed by atoms with Crippen molar-refractivity contribution in [2.75, 3.05) is 19.7 Å². The summed E-state index contributed by atoms with van der Waals surface area (Å²) >= 11 is 1.35. The van der Waals surface area contributed by atoms with Crippen LogP contribution in [0.3, 0.4) is 0 Å². The fourth-order valence-electron chi connectivity index (χ4n) is 3.84. The Labute approximate surface area is 181 Å². The normalized spacial score (nSPS) is 17.8. The first-order chi connectivity index (χ1) is 14.5. The van der Waals surface area contributed by atoms with Gasteiger partial charge in [0.25, 0.3) is 0 Å². The van der Waals surface area contributed by atoms with Gasteiger partial charge in [-0.1, -0.05) is 37.8 Å². The summed E-state index contributed by atoms with van der Waals surface area (Å²) in [6.45, 7) is 3.46. The first kappa shape index (κ1) is 23.2. The molecule has 1 unspecified atom stereocenters. The van der Waals surface area contributed by atoms with Gasteiger partial charge in [-0.25, -0.2) is 4.98 Å². The van der Waals surface area contributed by atoms with Gasteiger partial charge in [-0.15, -0.1) is 11.3 Å². The Bertz CT molecular complexity index is 755. The fraction of sp³-hybridized carbons (Fsp3) is 0.609. The van der Waals surface area contributed by atoms with E-state index in [-0.39, 0.29) is 0 Å². The Morgan fingerprint density at radius 1 is 1.13 bits per heavy atom. The molecule has 166 valence electrons. The average Bonchev–Trinajstić information content (AvgIpc) is 3.05. The van der Waals surface area contributed by atoms with E-state index in [4.69, 9.17) is 4.74 Å². The molecular formula is C23H31F3N2OS. The van der Waals surface area contributed by atoms with E-state index >= 15 is 0 Å². The number of hydrogen-bond donors (Lipinski definition) is 1. The number of aromatic nitrogens is 1. The molecule has 1 aliphatic heterocycles. The van der Waals surface area contributed by atoms with Crippen molar-refractivity contribution >= 4 is 11.3 Å². The number of rotatable bonds is 10. The predicted molar refractivity (Wildman–Crippen MR) is 116 cm³/mol. The Kier molecular flexibility index (Phi) is 9.15. The van der Waals surface area contributed by atoms with Crippen LogP contribution in [0, 0.1) is 5.92 Å². The number of alkyl halides is 3. The van der Waals surface area contributed by atoms with Gasteiger partial charge in [-0.05, 0) is 56.8 Å². The Morgan fingerprint density at radius 2 is 2.00 bits per heavy atom. The molecule has 1 aromatic heterocycles. The molecule has 1 fully saturated rings. The van der Waals surface area contributed by atoms with E-state index in [9.17, 15) is 13.2 Å². The zero-order chi connectivity index (χ0) is 21.2. The smallest absolute Gasteiger partial charge is 0.375 e. The fourth-order valence-corrected chi connectivity index (χ4v) is 4.64. The van der Waals surface area contributed by atoms with Crippen LogP contribution in [0.25, 0.3) is 10.6 Å². The molecule has 2 heterocycles. The number of hydrogen-bond acceptors (Lipinski definition) is 4. The third-order valence-corrected chi connectivity index (χ3v) is 6.48. The molecule has 1 aromatic carbocycles. The van der Waals surface area contributed by atoms with Crippen LogP contribution in [0.15, 0.2) is 29.6 Å². The summed E-state index contributed by atoms with van der Waals surface area (Å²) in [6, 6.07) is 5.30. The van der Waals surface area contributed by atoms with E-state index in [0.717, 1.165) is 30.2 Å². The molecule has 1 saturated heterocycles. The Balaban J connectivity index is 1.30. The van der Waals surface area contributed by atoms with E-state index in [2.05, 4.69) is 10.3 Å². The summed E-state index contributed by atoms with van der Waals surface area (Å²) in [5.74, 6) is 0.847. The summed E-state index contributed by atoms with van der Waals surface area (Å²) in [6.07, 6.45) is 5.77. The van der Waals surface area contributed by atoms with E-state index in [1.807, 2.05) is 5.38 Å². The number of nitrogens with zero attached hydrogens (tertiary/aromatic N) is 1. The van der Waals surface area contributed by atoms with Crippen LogP contribution in [-0.4, -0.2) is 24.7 Å². The number of thiazole rings is 1. The van der Waals surface area contributed by atoms with Gasteiger partial charge in [-0.2, -0.15) is 13.2 Å². The number of benzene rings is 1. The van der Waals surface area contributed by atoms with Crippen LogP contribution in [0.5, 0.6) is 0 Å². The van der Waals surface area contributed by atoms with Crippen molar-refractivity contribution in [3.05, 3.63) is 40.9 Å². The highest BCUT2D eigenvalue weighted by Crippen LogP contribution is 2.33. The number of halogens is 3. The topological polar surface area (TPSA) is 34.1 Å². The third-order valence-electron chi connectivity index (χ3n) is 5.54. The highest BCUT2D eigenvalue weighted by atomic mass is 32.1. The molecule has 0 radical (unpaired) electrons. The van der Waals surface area contributed by atoms with Crippen molar-refractivity contribution in [3.63, 3.8) is 0 Å². The first-order valence-electron chi connectivity index (χ1n) is 10.9. The lowest BCUT2D eigenvalue weighted by Gasteiger charge is -2.13. The molecule has 0 aliphatic carbocycles. The van der Waals surface area contributed by atoms with Crippen molar-refractivity contribution in [2.45, 2.75) is 64.1 Å². The van der Waals surface area contributed by atoms with Gasteiger partial charge < -0.3 is 10.1 Å². The second kappa shape index (κ2) is 11.8. The average molecular weight is 441 g/mol. The van der Waals surface area contributed by atoms with Crippen LogP contribution in [0.1, 0.15) is 62.6 Å². The quantitative estimate of drug-likeness (QED) is 0.418. The third kappa shape index (κ3) is 7.67. The van der Waals surface area contributed by atoms with Crippen LogP contribution < -0.4 is 5.32 Å². The molecule has 0 spiro atoms. The molecule has 7 heteroatoms. The maximum Gasteiger partial charge on any atom is 0.416 e. The summed E-state index contributed by atoms with van der Waals surface area (Å²) in [5.41, 5.74) is 0.613. The predicted octanol–water partition coefficient (Wildman–Crippen LogP) is 6.69. The van der Waals surface area contributed by atoms with Gasteiger partial charge in [0, 0.05) is 17.6 Å². The van der Waals surface area contributed by atoms with Crippen molar-refractivity contribution in [2.24, 2.45) is 5.92 Å². The molecular weight excluding hydrogens is 409 g/mol. The van der Waals surface area contributed by atoms with Gasteiger partial charge in [0.2, 0.25) is 0 Å². The zero-order valence-corrected chi connectivity index (χ0v) is 18.2. The van der Waals surface area contributed by atoms with E-state index in [0.29, 0.717) is 23.8 Å². The summed E-state index contributed by atoms with van der Waals surface area (Å²) in [5, 5.41) is 5.98. The molecule has 0 amide bonds. The lowest BCUT2D eigenvalue weighted by atomic mass is 9.96. The van der Waals surface area contributed by atoms with Crippen LogP contribution in [0.2, 0.25) is 0 Å². The molecule has 1 atom stereocenters. The van der Waals surface area contributed by atoms with Gasteiger partial charge in [0.15, 0.2) is 0 Å². The molecule has 0 saturated carbocycles. The Morgan fingerprint density at radius 3 is 2.87 bits per heavy atom. The van der Waals surface area contributed by atoms with Crippen LogP contribution in [0.4, 0.5) is 13.2 Å². The van der Waals surface area contributed by atoms with Crippen LogP contribution >= 0.6 is 11.3 Å². The lowest BCUT2D eigenvalue weighted by Crippen LogP contribution is -2.20. The molecule has 3 rings (SSSR count). The largest absolute Gasteiger partial charge is 0.416 e. The van der Waals surface area contributed by atoms with Crippen LogP contribution in [-0.2, 0) is 17.5 Å². The molecule has 3 nitrogen and oxygen atoms in total. The second-order valence-corrected chi connectivity index (χ2v) is 8.90. The molecule has 30 heavy (non-hydrogen) atoms. The molecule has 2 aromatic rings. The van der Waals surface area contributed by atoms with E-state index in [1.165, 1.54) is 75.4 Å². The minimum atomic E-state index is -4.34. The standard InChI is InChI=1S/C23H31F3N2OS/c24-23(25,26)20-11-7-10-19(14-20)22-28-21(17-30-22)16-29-13-6-2-1-3-8-18-9-4-5-12-27-15-18/h7,10-11,14,17-18,27H,1-6,8-9,12-13,15-16H2. The van der Waals surface area contributed by atoms with Crippen molar-refractivity contribution in [1.82, 2.24) is 10.3 Å². The number of unbranched alkanes of at least 4 members (excludes halogenated alkanes) is 3. The van der Waals surface area contributed by atoms with Gasteiger partial charge >= 0.3 is 6.18 Å². The lowest BCUT2D eigenvalue weighted by molar-refractivity contribution is -0.137. The minimum Gasteiger partial charge on any atom is -0.375 e. The Hall–Kier alpha value is -1.44. The van der Waals surface area contributed by atoms with Gasteiger partial charge in [-0.3, -0.25) is 0 Å². The monoisotopic (exact) mass is 440 g/mol. The number of nitrogens with one attached hydrogen (secondary N) is 1. The second-order valence-electron chi connectivity index (χ2n) is 8.04. The maximum atomic E-state index is 12.9. The van der Waals surface area contributed by atoms with Crippen molar-refractivity contribution < 1.29 is 17.9 Å². The van der Waals surface area contributed by atoms with Crippen molar-refractivity contribution in [1.29, 1.82) is 0 Å². The molecule has 1 N–H and O–H groups in total. The number of ether oxygens (including phenoxy) is 1. The van der Waals surface area contributed by atoms with Gasteiger partial charge in [0.1, 0.15) is 5.01 Å². The van der Waals surface area contributed by atoms with Crippen molar-refractivity contribution in [3.8, 4) is 10.6 Å². The first-order valence-corrected chi connectivity index (χ1v) is 11.8. The highest BCUT2D eigenvalue weighted by molar-refractivity contribution is 7.13. The molecule has 1 aliphatic rings. The van der Waals surface area contributed by atoms with Gasteiger partial charge in [0.05, 0.1) is 17.9 Å². The van der Waals surface area contributed by atoms with E-state index < -0.39 is 11.7 Å². The highest BCUT2D eigenvalue weighted by Gasteiger charge is 2.30. The summed E-state index contributed by atoms with van der Waals surface area (Å²) in [7, 11) is 0. The minimum absolute atomic E-state index is 0.406. The summed E-state index contributed by atoms with van der Waals surface area (Å²) in [4.78, 5) is 4.43. The van der Waals surface area contributed by atoms with E-state index in [1.54, 1.807) is 6.07 Å².